The molecule has 5 heteroatoms. The molecular weight excluding hydrogens is 261 g/mol. The zero-order valence-corrected chi connectivity index (χ0v) is 11.3. The molecule has 0 aliphatic heterocycles. The third kappa shape index (κ3) is 8.83. The first-order valence-corrected chi connectivity index (χ1v) is 6.15. The summed E-state index contributed by atoms with van der Waals surface area (Å²) in [4.78, 5) is 9.87. The fourth-order valence-corrected chi connectivity index (χ4v) is 1.35. The van der Waals surface area contributed by atoms with Crippen molar-refractivity contribution in [2.75, 3.05) is 5.73 Å². The Morgan fingerprint density at radius 2 is 1.94 bits per heavy atom. The van der Waals surface area contributed by atoms with Crippen LogP contribution in [0.2, 0.25) is 10.0 Å². The van der Waals surface area contributed by atoms with E-state index in [1.54, 1.807) is 18.2 Å². The lowest BCUT2D eigenvalue weighted by molar-refractivity contribution is -0.137. The minimum absolute atomic E-state index is 0.327. The average molecular weight is 278 g/mol. The van der Waals surface area contributed by atoms with E-state index in [2.05, 4.69) is 6.92 Å². The van der Waals surface area contributed by atoms with Gasteiger partial charge in [0.2, 0.25) is 0 Å². The molecule has 0 aromatic heterocycles. The molecule has 3 nitrogen and oxygen atoms in total. The molecule has 0 amide bonds. The Morgan fingerprint density at radius 3 is 2.35 bits per heavy atom. The van der Waals surface area contributed by atoms with Crippen molar-refractivity contribution in [3.8, 4) is 0 Å². The summed E-state index contributed by atoms with van der Waals surface area (Å²) in [5.41, 5.74) is 6.01. The van der Waals surface area contributed by atoms with Crippen molar-refractivity contribution in [1.82, 2.24) is 0 Å². The number of carboxylic acid groups (broad SMARTS) is 1. The van der Waals surface area contributed by atoms with Crippen LogP contribution in [-0.4, -0.2) is 11.1 Å². The highest BCUT2D eigenvalue weighted by Gasteiger charge is 1.94. The second-order valence-corrected chi connectivity index (χ2v) is 4.34. The molecule has 1 aromatic carbocycles. The molecule has 17 heavy (non-hydrogen) atoms. The highest BCUT2D eigenvalue weighted by Crippen LogP contribution is 2.23. The molecule has 96 valence electrons. The lowest BCUT2D eigenvalue weighted by atomic mass is 10.2. The number of nitrogens with two attached hydrogens (primary N) is 1. The van der Waals surface area contributed by atoms with E-state index in [1.165, 1.54) is 0 Å². The Morgan fingerprint density at radius 1 is 1.29 bits per heavy atom. The highest BCUT2D eigenvalue weighted by atomic mass is 35.5. The number of hydrogen-bond donors (Lipinski definition) is 2. The van der Waals surface area contributed by atoms with Crippen LogP contribution in [0.5, 0.6) is 0 Å². The Kier molecular flexibility index (Phi) is 8.64. The largest absolute Gasteiger partial charge is 0.481 e. The minimum Gasteiger partial charge on any atom is -0.481 e. The number of hydrogen-bond acceptors (Lipinski definition) is 2. The quantitative estimate of drug-likeness (QED) is 0.640. The van der Waals surface area contributed by atoms with E-state index in [-0.39, 0.29) is 0 Å². The Bertz CT molecular complexity index is 356. The molecule has 0 saturated heterocycles. The van der Waals surface area contributed by atoms with E-state index in [0.717, 1.165) is 19.3 Å². The van der Waals surface area contributed by atoms with Crippen LogP contribution in [0.25, 0.3) is 0 Å². The maximum absolute atomic E-state index is 9.87. The molecule has 0 fully saturated rings. The number of unbranched alkanes of at least 4 members (excludes halogenated alkanes) is 2. The highest BCUT2D eigenvalue weighted by molar-refractivity contribution is 6.42. The summed E-state index contributed by atoms with van der Waals surface area (Å²) < 4.78 is 0. The molecule has 0 aliphatic rings. The second-order valence-electron chi connectivity index (χ2n) is 3.52. The predicted molar refractivity (Wildman–Crippen MR) is 72.7 cm³/mol. The lowest BCUT2D eigenvalue weighted by Gasteiger charge is -1.94. The van der Waals surface area contributed by atoms with Crippen LogP contribution in [0.3, 0.4) is 0 Å². The number of rotatable bonds is 4. The molecule has 3 N–H and O–H groups in total. The van der Waals surface area contributed by atoms with E-state index < -0.39 is 5.97 Å². The summed E-state index contributed by atoms with van der Waals surface area (Å²) in [5.74, 6) is -0.682. The molecule has 0 bridgehead atoms. The van der Waals surface area contributed by atoms with E-state index in [0.29, 0.717) is 22.2 Å². The molecule has 0 spiro atoms. The normalized spacial score (nSPS) is 9.35. The number of carboxylic acids is 1. The van der Waals surface area contributed by atoms with Crippen LogP contribution in [0.15, 0.2) is 18.2 Å². The number of nitrogen functional groups attached to an aromatic ring is 1. The average Bonchev–Trinajstić information content (AvgIpc) is 2.25. The summed E-state index contributed by atoms with van der Waals surface area (Å²) in [6, 6.07) is 4.98. The number of carbonyl (C=O) groups is 1. The number of halogens is 2. The van der Waals surface area contributed by atoms with Crippen LogP contribution < -0.4 is 5.73 Å². The smallest absolute Gasteiger partial charge is 0.303 e. The SMILES string of the molecule is CCCCCC(=O)O.Nc1ccc(Cl)c(Cl)c1. The third-order valence-corrected chi connectivity index (χ3v) is 2.68. The van der Waals surface area contributed by atoms with Crippen LogP contribution in [-0.2, 0) is 4.79 Å². The van der Waals surface area contributed by atoms with Gasteiger partial charge < -0.3 is 10.8 Å². The van der Waals surface area contributed by atoms with E-state index >= 15 is 0 Å². The summed E-state index contributed by atoms with van der Waals surface area (Å²) >= 11 is 11.2. The lowest BCUT2D eigenvalue weighted by Crippen LogP contribution is -1.92. The van der Waals surface area contributed by atoms with E-state index in [9.17, 15) is 4.79 Å². The zero-order valence-electron chi connectivity index (χ0n) is 9.75. The Labute approximate surface area is 112 Å². The first kappa shape index (κ1) is 16.1. The Balaban J connectivity index is 0.000000304. The summed E-state index contributed by atoms with van der Waals surface area (Å²) in [6.07, 6.45) is 3.28. The van der Waals surface area contributed by atoms with Crippen molar-refractivity contribution in [2.45, 2.75) is 32.6 Å². The van der Waals surface area contributed by atoms with E-state index in [4.69, 9.17) is 34.0 Å². The van der Waals surface area contributed by atoms with Gasteiger partial charge in [0, 0.05) is 12.1 Å². The van der Waals surface area contributed by atoms with Gasteiger partial charge in [0.1, 0.15) is 0 Å². The molecule has 0 aliphatic carbocycles. The Hall–Kier alpha value is -0.930. The number of benzene rings is 1. The van der Waals surface area contributed by atoms with Gasteiger partial charge in [-0.25, -0.2) is 0 Å². The topological polar surface area (TPSA) is 63.3 Å². The van der Waals surface area contributed by atoms with Crippen molar-refractivity contribution in [3.63, 3.8) is 0 Å². The van der Waals surface area contributed by atoms with Crippen molar-refractivity contribution in [1.29, 1.82) is 0 Å². The maximum Gasteiger partial charge on any atom is 0.303 e. The monoisotopic (exact) mass is 277 g/mol. The van der Waals surface area contributed by atoms with Crippen molar-refractivity contribution >= 4 is 34.9 Å². The standard InChI is InChI=1S/C6H5Cl2N.C6H12O2/c7-5-2-1-4(9)3-6(5)8;1-2-3-4-5-6(7)8/h1-3H,9H2;2-5H2,1H3,(H,7,8). The number of anilines is 1. The third-order valence-electron chi connectivity index (χ3n) is 1.94. The van der Waals surface area contributed by atoms with Crippen molar-refractivity contribution in [3.05, 3.63) is 28.2 Å². The van der Waals surface area contributed by atoms with E-state index in [1.807, 2.05) is 0 Å². The van der Waals surface area contributed by atoms with Gasteiger partial charge in [-0.15, -0.1) is 0 Å². The van der Waals surface area contributed by atoms with Crippen molar-refractivity contribution < 1.29 is 9.90 Å². The molecular formula is C12H17Cl2NO2. The van der Waals surface area contributed by atoms with Crippen molar-refractivity contribution in [2.24, 2.45) is 0 Å². The van der Waals surface area contributed by atoms with Crippen LogP contribution in [0.1, 0.15) is 32.6 Å². The maximum atomic E-state index is 9.87. The molecule has 1 rings (SSSR count). The first-order chi connectivity index (χ1) is 7.97. The predicted octanol–water partition coefficient (Wildman–Crippen LogP) is 4.23. The van der Waals surface area contributed by atoms with Crippen LogP contribution >= 0.6 is 23.2 Å². The van der Waals surface area contributed by atoms with Crippen LogP contribution in [0, 0.1) is 0 Å². The van der Waals surface area contributed by atoms with Gasteiger partial charge in [0.15, 0.2) is 0 Å². The van der Waals surface area contributed by atoms with Gasteiger partial charge in [0.25, 0.3) is 0 Å². The van der Waals surface area contributed by atoms with Gasteiger partial charge in [-0.1, -0.05) is 43.0 Å². The van der Waals surface area contributed by atoms with Gasteiger partial charge in [0.05, 0.1) is 10.0 Å². The van der Waals surface area contributed by atoms with Gasteiger partial charge in [-0.2, -0.15) is 0 Å². The molecule has 0 unspecified atom stereocenters. The summed E-state index contributed by atoms with van der Waals surface area (Å²) in [7, 11) is 0. The molecule has 0 heterocycles. The van der Waals surface area contributed by atoms with Gasteiger partial charge in [-0.3, -0.25) is 4.79 Å². The number of aliphatic carboxylic acids is 1. The fourth-order valence-electron chi connectivity index (χ4n) is 1.04. The zero-order chi connectivity index (χ0) is 13.3. The molecule has 0 radical (unpaired) electrons. The molecule has 0 saturated carbocycles. The minimum atomic E-state index is -0.682. The molecule has 0 atom stereocenters. The van der Waals surface area contributed by atoms with Gasteiger partial charge >= 0.3 is 5.97 Å². The second kappa shape index (κ2) is 9.14. The summed E-state index contributed by atoms with van der Waals surface area (Å²) in [6.45, 7) is 2.06. The van der Waals surface area contributed by atoms with Gasteiger partial charge in [-0.05, 0) is 24.6 Å². The summed E-state index contributed by atoms with van der Waals surface area (Å²) in [5, 5.41) is 9.17. The van der Waals surface area contributed by atoms with Crippen LogP contribution in [0.4, 0.5) is 5.69 Å². The first-order valence-electron chi connectivity index (χ1n) is 5.39. The fraction of sp³-hybridized carbons (Fsp3) is 0.417. The molecule has 1 aromatic rings.